The summed E-state index contributed by atoms with van der Waals surface area (Å²) in [5.41, 5.74) is 7.54. The molecule has 6 aromatic heterocycles. The highest BCUT2D eigenvalue weighted by atomic mass is 19.2. The van der Waals surface area contributed by atoms with Gasteiger partial charge in [-0.15, -0.1) is 0 Å². The fraction of sp³-hybridized carbons (Fsp3) is 0.271. The summed E-state index contributed by atoms with van der Waals surface area (Å²) in [6.45, 7) is 9.39. The van der Waals surface area contributed by atoms with Crippen LogP contribution >= 0.6 is 0 Å². The minimum Gasteiger partial charge on any atom is -0.481 e. The third kappa shape index (κ3) is 10.5. The second-order valence-electron chi connectivity index (χ2n) is 16.8. The molecule has 0 spiro atoms. The van der Waals surface area contributed by atoms with Crippen molar-refractivity contribution in [1.82, 2.24) is 64.3 Å². The quantitative estimate of drug-likeness (QED) is 0.0788. The number of carbonyl (C=O) groups is 2. The van der Waals surface area contributed by atoms with Gasteiger partial charge in [0, 0.05) is 162 Å². The fourth-order valence-electron chi connectivity index (χ4n) is 8.38. The van der Waals surface area contributed by atoms with Crippen molar-refractivity contribution < 1.29 is 32.3 Å². The summed E-state index contributed by atoms with van der Waals surface area (Å²) < 4.78 is 58.4. The number of likely N-dealkylation sites (N-methyl/N-ethyl adjacent to an activating group) is 1. The van der Waals surface area contributed by atoms with Crippen LogP contribution in [0.25, 0.3) is 66.1 Å². The summed E-state index contributed by atoms with van der Waals surface area (Å²) in [5, 5.41) is 26.9. The van der Waals surface area contributed by atoms with Gasteiger partial charge in [0.15, 0.2) is 11.6 Å². The molecule has 0 bridgehead atoms. The molecule has 0 radical (unpaired) electrons. The van der Waals surface area contributed by atoms with Crippen LogP contribution in [0.15, 0.2) is 104 Å². The van der Waals surface area contributed by atoms with Crippen LogP contribution in [-0.2, 0) is 24.4 Å². The number of aliphatic carboxylic acids is 1. The summed E-state index contributed by atoms with van der Waals surface area (Å²) in [4.78, 5) is 37.8. The van der Waals surface area contributed by atoms with Crippen molar-refractivity contribution in [3.05, 3.63) is 128 Å². The smallest absolute Gasteiger partial charge is 0.317 e. The number of aromatic amines is 3. The first-order valence-corrected chi connectivity index (χ1v) is 22.2. The van der Waals surface area contributed by atoms with Crippen LogP contribution < -0.4 is 5.32 Å². The predicted molar refractivity (Wildman–Crippen MR) is 250 cm³/mol. The zero-order valence-electron chi connectivity index (χ0n) is 37.1. The van der Waals surface area contributed by atoms with Gasteiger partial charge in [0.2, 0.25) is 0 Å². The van der Waals surface area contributed by atoms with Gasteiger partial charge < -0.3 is 35.2 Å². The molecule has 68 heavy (non-hydrogen) atoms. The van der Waals surface area contributed by atoms with Crippen LogP contribution in [-0.4, -0.2) is 136 Å². The lowest BCUT2D eigenvalue weighted by molar-refractivity contribution is -0.137. The van der Waals surface area contributed by atoms with Crippen LogP contribution in [0.5, 0.6) is 0 Å². The number of carbonyl (C=O) groups excluding carboxylic acids is 1. The molecule has 2 aliphatic rings. The van der Waals surface area contributed by atoms with Crippen molar-refractivity contribution in [3.63, 3.8) is 0 Å². The Kier molecular flexibility index (Phi) is 13.4. The van der Waals surface area contributed by atoms with E-state index in [1.165, 1.54) is 28.9 Å². The number of H-pyrrole nitrogens is 3. The van der Waals surface area contributed by atoms with Gasteiger partial charge in [-0.3, -0.25) is 23.7 Å². The summed E-state index contributed by atoms with van der Waals surface area (Å²) in [6, 6.07) is 11.8. The number of carboxylic acid groups (broad SMARTS) is 1. The number of amides is 2. The van der Waals surface area contributed by atoms with Crippen LogP contribution in [0.4, 0.5) is 22.4 Å². The number of hydrogen-bond acceptors (Lipinski definition) is 7. The van der Waals surface area contributed by atoms with E-state index in [4.69, 9.17) is 5.11 Å². The molecule has 2 aliphatic heterocycles. The molecular weight excluding hydrogens is 883 g/mol. The lowest BCUT2D eigenvalue weighted by Crippen LogP contribution is -2.45. The molecule has 2 amide bonds. The molecule has 0 atom stereocenters. The zero-order chi connectivity index (χ0) is 47.3. The lowest BCUT2D eigenvalue weighted by atomic mass is 10.1. The number of nitrogens with zero attached hydrogens (tertiary/aromatic N) is 9. The van der Waals surface area contributed by atoms with E-state index in [0.29, 0.717) is 41.7 Å². The minimum absolute atomic E-state index is 0.0176. The number of hydrogen-bond donors (Lipinski definition) is 5. The van der Waals surface area contributed by atoms with Crippen molar-refractivity contribution in [2.24, 2.45) is 0 Å². The Hall–Kier alpha value is -7.71. The van der Waals surface area contributed by atoms with Crippen molar-refractivity contribution in [3.8, 4) is 33.4 Å². The molecule has 0 unspecified atom stereocenters. The number of piperazine rings is 1. The van der Waals surface area contributed by atoms with Gasteiger partial charge in [0.1, 0.15) is 11.6 Å². The highest BCUT2D eigenvalue weighted by Gasteiger charge is 2.20. The molecule has 11 rings (SSSR count). The molecule has 5 N–H and O–H groups in total. The summed E-state index contributed by atoms with van der Waals surface area (Å²) in [7, 11) is 2.17. The van der Waals surface area contributed by atoms with E-state index in [1.54, 1.807) is 35.8 Å². The van der Waals surface area contributed by atoms with Gasteiger partial charge in [-0.2, -0.15) is 15.3 Å². The molecule has 16 nitrogen and oxygen atoms in total. The standard InChI is InChI=1S/C18H22FN5.C16H16FN5O.C14H11F2N3O2/c1-22-4-6-23(7-5-22)8-9-24-13-14(11-21-24)17-12-20-18-10-15(19)2-3-16(17)18;17-12-1-2-13-14(9-19-15(13)7-12)11-8-20-22(10-11)6-5-21-4-3-18-16(21)23;15-11-3-9-10(6-17-13(9)4-12(11)16)8-5-18-19(7-8)2-1-14(20)21/h2-3,10-13,20H,4-9H2,1H3;1-2,7-10,19H,3-6H2,(H,18,23);3-7,17H,1-2H2,(H,20,21). The largest absolute Gasteiger partial charge is 0.481 e. The van der Waals surface area contributed by atoms with E-state index < -0.39 is 17.6 Å². The van der Waals surface area contributed by atoms with E-state index >= 15 is 0 Å². The third-order valence-electron chi connectivity index (χ3n) is 12.2. The van der Waals surface area contributed by atoms with Crippen molar-refractivity contribution in [2.75, 3.05) is 59.4 Å². The van der Waals surface area contributed by atoms with Crippen molar-refractivity contribution >= 4 is 44.7 Å². The summed E-state index contributed by atoms with van der Waals surface area (Å²) >= 11 is 0. The Morgan fingerprint density at radius 3 is 1.60 bits per heavy atom. The number of carboxylic acids is 1. The summed E-state index contributed by atoms with van der Waals surface area (Å²) in [5.74, 6) is -3.21. The SMILES string of the molecule is CN1CCN(CCn2cc(-c3c[nH]c4cc(F)ccc34)cn2)CC1.O=C(O)CCn1cc(-c2c[nH]c3cc(F)c(F)cc23)cn1.O=C1NCCN1CCn1cc(-c2c[nH]c3cc(F)ccc23)cn1. The van der Waals surface area contributed by atoms with Crippen LogP contribution in [0, 0.1) is 23.3 Å². The van der Waals surface area contributed by atoms with E-state index in [1.807, 2.05) is 40.2 Å². The van der Waals surface area contributed by atoms with Gasteiger partial charge in [0.05, 0.1) is 44.6 Å². The number of benzene rings is 3. The van der Waals surface area contributed by atoms with Gasteiger partial charge in [-0.05, 0) is 49.5 Å². The number of rotatable bonds is 12. The highest BCUT2D eigenvalue weighted by molar-refractivity contribution is 5.97. The number of aryl methyl sites for hydroxylation is 1. The second kappa shape index (κ2) is 20.0. The van der Waals surface area contributed by atoms with Gasteiger partial charge in [0.25, 0.3) is 0 Å². The maximum absolute atomic E-state index is 13.4. The average Bonchev–Trinajstić information content (AvgIpc) is 4.19. The molecule has 20 heteroatoms. The first-order valence-electron chi connectivity index (χ1n) is 22.2. The van der Waals surface area contributed by atoms with Crippen molar-refractivity contribution in [1.29, 1.82) is 0 Å². The normalized spacial score (nSPS) is 14.4. The third-order valence-corrected chi connectivity index (χ3v) is 12.2. The Bertz CT molecular complexity index is 3190. The fourth-order valence-corrected chi connectivity index (χ4v) is 8.38. The molecule has 8 heterocycles. The Labute approximate surface area is 386 Å². The Balaban J connectivity index is 0.000000128. The Morgan fingerprint density at radius 2 is 1.09 bits per heavy atom. The monoisotopic (exact) mass is 931 g/mol. The molecule has 2 saturated heterocycles. The molecule has 0 saturated carbocycles. The molecule has 0 aliphatic carbocycles. The number of halogens is 4. The maximum atomic E-state index is 13.4. The van der Waals surface area contributed by atoms with Crippen molar-refractivity contribution in [2.45, 2.75) is 26.1 Å². The average molecular weight is 932 g/mol. The van der Waals surface area contributed by atoms with Gasteiger partial charge >= 0.3 is 12.0 Å². The number of fused-ring (bicyclic) bond motifs is 3. The molecule has 2 fully saturated rings. The summed E-state index contributed by atoms with van der Waals surface area (Å²) in [6.07, 6.45) is 16.3. The van der Waals surface area contributed by atoms with E-state index in [9.17, 15) is 27.2 Å². The molecular formula is C48H49F4N13O3. The van der Waals surface area contributed by atoms with Crippen LogP contribution in [0.3, 0.4) is 0 Å². The molecule has 9 aromatic rings. The minimum atomic E-state index is -0.915. The molecule has 3 aromatic carbocycles. The topological polar surface area (TPSA) is 177 Å². The lowest BCUT2D eigenvalue weighted by Gasteiger charge is -2.32. The highest BCUT2D eigenvalue weighted by Crippen LogP contribution is 2.31. The van der Waals surface area contributed by atoms with E-state index in [0.717, 1.165) is 102 Å². The second-order valence-corrected chi connectivity index (χ2v) is 16.8. The number of urea groups is 1. The van der Waals surface area contributed by atoms with Crippen LogP contribution in [0.1, 0.15) is 6.42 Å². The van der Waals surface area contributed by atoms with E-state index in [-0.39, 0.29) is 30.6 Å². The number of nitrogens with one attached hydrogen (secondary N) is 4. The van der Waals surface area contributed by atoms with E-state index in [2.05, 4.69) is 58.6 Å². The predicted octanol–water partition coefficient (Wildman–Crippen LogP) is 7.40. The van der Waals surface area contributed by atoms with Crippen LogP contribution in [0.2, 0.25) is 0 Å². The Morgan fingerprint density at radius 1 is 0.603 bits per heavy atom. The zero-order valence-corrected chi connectivity index (χ0v) is 37.1. The first-order chi connectivity index (χ1) is 32.9. The maximum Gasteiger partial charge on any atom is 0.317 e. The molecule has 352 valence electrons. The van der Waals surface area contributed by atoms with Gasteiger partial charge in [-0.1, -0.05) is 0 Å². The number of aromatic nitrogens is 9. The first kappa shape index (κ1) is 45.4. The van der Waals surface area contributed by atoms with Gasteiger partial charge in [-0.25, -0.2) is 22.4 Å².